The minimum absolute atomic E-state index is 0.0110. The van der Waals surface area contributed by atoms with Gasteiger partial charge < -0.3 is 19.5 Å². The summed E-state index contributed by atoms with van der Waals surface area (Å²) in [6.07, 6.45) is 0. The molecule has 0 spiro atoms. The molecule has 144 valence electrons. The van der Waals surface area contributed by atoms with Crippen LogP contribution in [0.15, 0.2) is 42.5 Å². The first-order chi connectivity index (χ1) is 13.2. The smallest absolute Gasteiger partial charge is 0.226 e. The van der Waals surface area contributed by atoms with E-state index >= 15 is 0 Å². The highest BCUT2D eigenvalue weighted by Gasteiger charge is 2.34. The second-order valence-electron chi connectivity index (χ2n) is 6.29. The Morgan fingerprint density at radius 2 is 1.78 bits per heavy atom. The van der Waals surface area contributed by atoms with Gasteiger partial charge in [0, 0.05) is 13.1 Å². The van der Waals surface area contributed by atoms with Crippen LogP contribution in [0.2, 0.25) is 0 Å². The van der Waals surface area contributed by atoms with E-state index in [2.05, 4.69) is 16.2 Å². The zero-order valence-corrected chi connectivity index (χ0v) is 15.7. The summed E-state index contributed by atoms with van der Waals surface area (Å²) in [6.45, 7) is 1.02. The van der Waals surface area contributed by atoms with Crippen LogP contribution in [0.5, 0.6) is 17.2 Å². The molecular weight excluding hydrogens is 346 g/mol. The highest BCUT2D eigenvalue weighted by Crippen LogP contribution is 2.33. The third kappa shape index (κ3) is 4.32. The number of ether oxygens (including phenoxy) is 3. The number of nitrogens with one attached hydrogen (secondary N) is 3. The molecule has 3 rings (SSSR count). The standard InChI is InChI=1S/C20H25N3O4/c1-25-15-7-4-13(5-8-15)11-21-20(24)16-12-22-23-19(16)14-6-9-17(26-2)18(10-14)27-3/h4-10,16,19,22-23H,11-12H2,1-3H3,(H,21,24). The first-order valence-corrected chi connectivity index (χ1v) is 8.77. The molecule has 0 aromatic heterocycles. The Labute approximate surface area is 159 Å². The van der Waals surface area contributed by atoms with E-state index in [-0.39, 0.29) is 17.9 Å². The third-order valence-corrected chi connectivity index (χ3v) is 4.71. The second-order valence-corrected chi connectivity index (χ2v) is 6.29. The number of amides is 1. The van der Waals surface area contributed by atoms with Gasteiger partial charge >= 0.3 is 0 Å². The lowest BCUT2D eigenvalue weighted by atomic mass is 9.93. The molecule has 0 radical (unpaired) electrons. The van der Waals surface area contributed by atoms with Crippen LogP contribution in [0.3, 0.4) is 0 Å². The van der Waals surface area contributed by atoms with E-state index in [4.69, 9.17) is 14.2 Å². The fraction of sp³-hybridized carbons (Fsp3) is 0.350. The molecule has 3 N–H and O–H groups in total. The van der Waals surface area contributed by atoms with Crippen LogP contribution in [0.1, 0.15) is 17.2 Å². The maximum absolute atomic E-state index is 12.7. The Kier molecular flexibility index (Phi) is 6.16. The normalized spacial score (nSPS) is 18.8. The van der Waals surface area contributed by atoms with E-state index in [1.807, 2.05) is 42.5 Å². The van der Waals surface area contributed by atoms with E-state index in [0.717, 1.165) is 16.9 Å². The molecule has 7 nitrogen and oxygen atoms in total. The molecule has 0 aliphatic carbocycles. The number of methoxy groups -OCH3 is 3. The predicted octanol–water partition coefficient (Wildman–Crippen LogP) is 1.79. The van der Waals surface area contributed by atoms with Gasteiger partial charge in [0.1, 0.15) is 5.75 Å². The number of carbonyl (C=O) groups is 1. The Bertz CT molecular complexity index is 779. The molecule has 27 heavy (non-hydrogen) atoms. The average molecular weight is 371 g/mol. The summed E-state index contributed by atoms with van der Waals surface area (Å²) in [7, 11) is 4.83. The second kappa shape index (κ2) is 8.75. The molecule has 0 bridgehead atoms. The van der Waals surface area contributed by atoms with Gasteiger partial charge in [-0.1, -0.05) is 18.2 Å². The van der Waals surface area contributed by atoms with Crippen LogP contribution in [-0.4, -0.2) is 33.8 Å². The van der Waals surface area contributed by atoms with Crippen molar-refractivity contribution < 1.29 is 19.0 Å². The summed E-state index contributed by atoms with van der Waals surface area (Å²) < 4.78 is 15.8. The minimum atomic E-state index is -0.235. The van der Waals surface area contributed by atoms with Crippen molar-refractivity contribution in [3.05, 3.63) is 53.6 Å². The molecular formula is C20H25N3O4. The summed E-state index contributed by atoms with van der Waals surface area (Å²) in [5.74, 6) is 1.85. The van der Waals surface area contributed by atoms with Gasteiger partial charge in [0.15, 0.2) is 11.5 Å². The minimum Gasteiger partial charge on any atom is -0.497 e. The Morgan fingerprint density at radius 3 is 2.44 bits per heavy atom. The zero-order chi connectivity index (χ0) is 19.2. The van der Waals surface area contributed by atoms with E-state index < -0.39 is 0 Å². The summed E-state index contributed by atoms with van der Waals surface area (Å²) in [5.41, 5.74) is 8.24. The summed E-state index contributed by atoms with van der Waals surface area (Å²) in [4.78, 5) is 12.7. The van der Waals surface area contributed by atoms with Crippen molar-refractivity contribution in [1.29, 1.82) is 0 Å². The third-order valence-electron chi connectivity index (χ3n) is 4.71. The van der Waals surface area contributed by atoms with Crippen molar-refractivity contribution in [3.63, 3.8) is 0 Å². The predicted molar refractivity (Wildman–Crippen MR) is 102 cm³/mol. The molecule has 2 aromatic carbocycles. The highest BCUT2D eigenvalue weighted by atomic mass is 16.5. The maximum atomic E-state index is 12.7. The fourth-order valence-electron chi connectivity index (χ4n) is 3.17. The lowest BCUT2D eigenvalue weighted by molar-refractivity contribution is -0.125. The van der Waals surface area contributed by atoms with Crippen molar-refractivity contribution in [1.82, 2.24) is 16.2 Å². The average Bonchev–Trinajstić information content (AvgIpc) is 3.21. The van der Waals surface area contributed by atoms with Crippen molar-refractivity contribution in [2.24, 2.45) is 5.92 Å². The number of hydrogen-bond acceptors (Lipinski definition) is 6. The Morgan fingerprint density at radius 1 is 1.04 bits per heavy atom. The molecule has 7 heteroatoms. The van der Waals surface area contributed by atoms with Crippen LogP contribution in [-0.2, 0) is 11.3 Å². The van der Waals surface area contributed by atoms with Gasteiger partial charge in [-0.25, -0.2) is 5.43 Å². The maximum Gasteiger partial charge on any atom is 0.226 e. The molecule has 1 aliphatic rings. The quantitative estimate of drug-likeness (QED) is 0.689. The van der Waals surface area contributed by atoms with Gasteiger partial charge in [-0.2, -0.15) is 0 Å². The molecule has 2 unspecified atom stereocenters. The largest absolute Gasteiger partial charge is 0.497 e. The molecule has 2 aromatic rings. The van der Waals surface area contributed by atoms with Crippen LogP contribution in [0.4, 0.5) is 0 Å². The highest BCUT2D eigenvalue weighted by molar-refractivity contribution is 5.80. The van der Waals surface area contributed by atoms with Crippen molar-refractivity contribution in [2.45, 2.75) is 12.6 Å². The van der Waals surface area contributed by atoms with Gasteiger partial charge in [-0.3, -0.25) is 10.2 Å². The number of hydrogen-bond donors (Lipinski definition) is 3. The van der Waals surface area contributed by atoms with Gasteiger partial charge in [-0.15, -0.1) is 0 Å². The number of rotatable bonds is 7. The van der Waals surface area contributed by atoms with E-state index in [0.29, 0.717) is 24.6 Å². The molecule has 0 saturated carbocycles. The number of benzene rings is 2. The monoisotopic (exact) mass is 371 g/mol. The number of hydrazine groups is 1. The first kappa shape index (κ1) is 19.0. The van der Waals surface area contributed by atoms with E-state index in [1.54, 1.807) is 21.3 Å². The fourth-order valence-corrected chi connectivity index (χ4v) is 3.17. The van der Waals surface area contributed by atoms with Crippen LogP contribution in [0.25, 0.3) is 0 Å². The van der Waals surface area contributed by atoms with Gasteiger partial charge in [-0.05, 0) is 35.4 Å². The van der Waals surface area contributed by atoms with Crippen molar-refractivity contribution in [3.8, 4) is 17.2 Å². The Hall–Kier alpha value is -2.77. The number of carbonyl (C=O) groups excluding carboxylic acids is 1. The first-order valence-electron chi connectivity index (χ1n) is 8.77. The van der Waals surface area contributed by atoms with Crippen LogP contribution >= 0.6 is 0 Å². The molecule has 1 fully saturated rings. The van der Waals surface area contributed by atoms with Crippen LogP contribution in [0, 0.1) is 5.92 Å². The summed E-state index contributed by atoms with van der Waals surface area (Å²) in [6, 6.07) is 13.2. The van der Waals surface area contributed by atoms with Gasteiger partial charge in [0.05, 0.1) is 33.3 Å². The summed E-state index contributed by atoms with van der Waals surface area (Å²) in [5, 5.41) is 3.01. The van der Waals surface area contributed by atoms with Crippen molar-refractivity contribution in [2.75, 3.05) is 27.9 Å². The van der Waals surface area contributed by atoms with Crippen LogP contribution < -0.4 is 30.4 Å². The SMILES string of the molecule is COc1ccc(CNC(=O)C2CNNC2c2ccc(OC)c(OC)c2)cc1. The summed E-state index contributed by atoms with van der Waals surface area (Å²) >= 11 is 0. The molecule has 1 heterocycles. The lowest BCUT2D eigenvalue weighted by Crippen LogP contribution is -2.34. The van der Waals surface area contributed by atoms with E-state index in [9.17, 15) is 4.79 Å². The molecule has 1 amide bonds. The zero-order valence-electron chi connectivity index (χ0n) is 15.7. The van der Waals surface area contributed by atoms with E-state index in [1.165, 1.54) is 0 Å². The molecule has 1 saturated heterocycles. The molecule has 2 atom stereocenters. The topological polar surface area (TPSA) is 80.9 Å². The van der Waals surface area contributed by atoms with Gasteiger partial charge in [0.2, 0.25) is 5.91 Å². The molecule has 1 aliphatic heterocycles. The Balaban J connectivity index is 1.67. The van der Waals surface area contributed by atoms with Crippen molar-refractivity contribution >= 4 is 5.91 Å². The van der Waals surface area contributed by atoms with Gasteiger partial charge in [0.25, 0.3) is 0 Å². The lowest BCUT2D eigenvalue weighted by Gasteiger charge is -2.20.